The first-order chi connectivity index (χ1) is 10.2. The van der Waals surface area contributed by atoms with Gasteiger partial charge in [0.05, 0.1) is 6.54 Å². The Hall–Kier alpha value is -1.81. The smallest absolute Gasteiger partial charge is 0.225 e. The Morgan fingerprint density at radius 1 is 1.33 bits per heavy atom. The van der Waals surface area contributed by atoms with Crippen molar-refractivity contribution < 1.29 is 9.53 Å². The van der Waals surface area contributed by atoms with Crippen LogP contribution in [0.15, 0.2) is 24.3 Å². The van der Waals surface area contributed by atoms with Gasteiger partial charge in [-0.25, -0.2) is 0 Å². The van der Waals surface area contributed by atoms with Gasteiger partial charge < -0.3 is 14.6 Å². The third kappa shape index (κ3) is 2.81. The molecule has 4 nitrogen and oxygen atoms in total. The molecule has 0 saturated carbocycles. The number of rotatable bonds is 3. The maximum atomic E-state index is 12.5. The Bertz CT molecular complexity index is 641. The molecule has 0 radical (unpaired) electrons. The molecule has 0 atom stereocenters. The number of nitrogens with zero attached hydrogens (tertiary/aromatic N) is 1. The highest BCUT2D eigenvalue weighted by Crippen LogP contribution is 2.23. The first kappa shape index (κ1) is 14.1. The van der Waals surface area contributed by atoms with E-state index in [2.05, 4.69) is 24.0 Å². The molecule has 1 fully saturated rings. The second kappa shape index (κ2) is 5.90. The predicted octanol–water partition coefficient (Wildman–Crippen LogP) is 2.86. The summed E-state index contributed by atoms with van der Waals surface area (Å²) in [4.78, 5) is 17.8. The second-order valence-corrected chi connectivity index (χ2v) is 5.86. The molecule has 0 spiro atoms. The highest BCUT2D eigenvalue weighted by molar-refractivity contribution is 5.84. The van der Waals surface area contributed by atoms with E-state index in [-0.39, 0.29) is 11.8 Å². The van der Waals surface area contributed by atoms with Crippen LogP contribution in [0, 0.1) is 12.8 Å². The SMILES string of the molecule is Cc1c(CN(C)C(=O)C2CCOCC2)[nH]c2ccccc12. The molecule has 2 aromatic rings. The molecular formula is C17H22N2O2. The van der Waals surface area contributed by atoms with E-state index in [4.69, 9.17) is 4.74 Å². The van der Waals surface area contributed by atoms with Crippen molar-refractivity contribution in [3.8, 4) is 0 Å². The summed E-state index contributed by atoms with van der Waals surface area (Å²) in [5.41, 5.74) is 3.49. The summed E-state index contributed by atoms with van der Waals surface area (Å²) < 4.78 is 5.33. The van der Waals surface area contributed by atoms with Gasteiger partial charge in [-0.1, -0.05) is 18.2 Å². The molecule has 0 aliphatic carbocycles. The van der Waals surface area contributed by atoms with Crippen LogP contribution in [0.2, 0.25) is 0 Å². The number of nitrogens with one attached hydrogen (secondary N) is 1. The third-order valence-corrected chi connectivity index (χ3v) is 4.41. The minimum atomic E-state index is 0.119. The van der Waals surface area contributed by atoms with Crippen molar-refractivity contribution in [2.75, 3.05) is 20.3 Å². The van der Waals surface area contributed by atoms with Crippen LogP contribution in [-0.4, -0.2) is 36.1 Å². The van der Waals surface area contributed by atoms with Crippen LogP contribution < -0.4 is 0 Å². The number of carbonyl (C=O) groups excluding carboxylic acids is 1. The van der Waals surface area contributed by atoms with Crippen LogP contribution >= 0.6 is 0 Å². The number of hydrogen-bond donors (Lipinski definition) is 1. The maximum Gasteiger partial charge on any atom is 0.225 e. The quantitative estimate of drug-likeness (QED) is 0.943. The number of para-hydroxylation sites is 1. The van der Waals surface area contributed by atoms with Gasteiger partial charge in [0.15, 0.2) is 0 Å². The lowest BCUT2D eigenvalue weighted by Crippen LogP contribution is -2.35. The highest BCUT2D eigenvalue weighted by Gasteiger charge is 2.25. The summed E-state index contributed by atoms with van der Waals surface area (Å²) in [6, 6.07) is 8.26. The fraction of sp³-hybridized carbons (Fsp3) is 0.471. The van der Waals surface area contributed by atoms with E-state index in [1.807, 2.05) is 24.1 Å². The Labute approximate surface area is 125 Å². The van der Waals surface area contributed by atoms with Crippen molar-refractivity contribution in [3.63, 3.8) is 0 Å². The van der Waals surface area contributed by atoms with Crippen LogP contribution in [0.25, 0.3) is 10.9 Å². The molecule has 1 aromatic heterocycles. The average Bonchev–Trinajstić information content (AvgIpc) is 2.84. The van der Waals surface area contributed by atoms with Crippen molar-refractivity contribution in [2.24, 2.45) is 5.92 Å². The van der Waals surface area contributed by atoms with Gasteiger partial charge in [0.25, 0.3) is 0 Å². The number of benzene rings is 1. The minimum Gasteiger partial charge on any atom is -0.381 e. The summed E-state index contributed by atoms with van der Waals surface area (Å²) in [5, 5.41) is 1.24. The lowest BCUT2D eigenvalue weighted by molar-refractivity contribution is -0.137. The fourth-order valence-electron chi connectivity index (χ4n) is 3.07. The Morgan fingerprint density at radius 3 is 2.76 bits per heavy atom. The van der Waals surface area contributed by atoms with Gasteiger partial charge >= 0.3 is 0 Å². The number of aryl methyl sites for hydroxylation is 1. The molecule has 3 rings (SSSR count). The van der Waals surface area contributed by atoms with Crippen LogP contribution in [-0.2, 0) is 16.1 Å². The lowest BCUT2D eigenvalue weighted by Gasteiger charge is -2.26. The van der Waals surface area contributed by atoms with Gasteiger partial charge in [-0.2, -0.15) is 0 Å². The van der Waals surface area contributed by atoms with E-state index < -0.39 is 0 Å². The molecule has 1 amide bonds. The number of amides is 1. The topological polar surface area (TPSA) is 45.3 Å². The number of ether oxygens (including phenoxy) is 1. The van der Waals surface area contributed by atoms with Gasteiger partial charge in [0.1, 0.15) is 0 Å². The molecule has 4 heteroatoms. The Morgan fingerprint density at radius 2 is 2.05 bits per heavy atom. The Kier molecular flexibility index (Phi) is 3.97. The number of aromatic amines is 1. The van der Waals surface area contributed by atoms with Crippen molar-refractivity contribution in [3.05, 3.63) is 35.5 Å². The summed E-state index contributed by atoms with van der Waals surface area (Å²) in [5.74, 6) is 0.352. The van der Waals surface area contributed by atoms with Gasteiger partial charge in [-0.3, -0.25) is 4.79 Å². The molecule has 1 saturated heterocycles. The van der Waals surface area contributed by atoms with Crippen molar-refractivity contribution in [1.82, 2.24) is 9.88 Å². The number of H-pyrrole nitrogens is 1. The molecule has 0 bridgehead atoms. The van der Waals surface area contributed by atoms with E-state index in [1.165, 1.54) is 10.9 Å². The lowest BCUT2D eigenvalue weighted by atomic mass is 9.99. The van der Waals surface area contributed by atoms with Crippen molar-refractivity contribution in [1.29, 1.82) is 0 Å². The van der Waals surface area contributed by atoms with Crippen molar-refractivity contribution in [2.45, 2.75) is 26.3 Å². The van der Waals surface area contributed by atoms with Crippen LogP contribution in [0.5, 0.6) is 0 Å². The zero-order valence-corrected chi connectivity index (χ0v) is 12.7. The highest BCUT2D eigenvalue weighted by atomic mass is 16.5. The summed E-state index contributed by atoms with van der Waals surface area (Å²) in [7, 11) is 1.89. The zero-order chi connectivity index (χ0) is 14.8. The number of aromatic nitrogens is 1. The monoisotopic (exact) mass is 286 g/mol. The summed E-state index contributed by atoms with van der Waals surface area (Å²) in [6.45, 7) is 4.16. The molecule has 1 N–H and O–H groups in total. The third-order valence-electron chi connectivity index (χ3n) is 4.41. The van der Waals surface area contributed by atoms with E-state index in [1.54, 1.807) is 0 Å². The molecule has 1 aliphatic rings. The van der Waals surface area contributed by atoms with Gasteiger partial charge in [-0.05, 0) is 31.4 Å². The van der Waals surface area contributed by atoms with E-state index in [0.717, 1.165) is 24.1 Å². The van der Waals surface area contributed by atoms with Crippen molar-refractivity contribution >= 4 is 16.8 Å². The molecule has 2 heterocycles. The van der Waals surface area contributed by atoms with E-state index in [0.29, 0.717) is 19.8 Å². The number of hydrogen-bond acceptors (Lipinski definition) is 2. The van der Waals surface area contributed by atoms with Crippen LogP contribution in [0.3, 0.4) is 0 Å². The molecule has 0 unspecified atom stereocenters. The van der Waals surface area contributed by atoms with Crippen LogP contribution in [0.4, 0.5) is 0 Å². The number of carbonyl (C=O) groups is 1. The molecule has 21 heavy (non-hydrogen) atoms. The minimum absolute atomic E-state index is 0.119. The van der Waals surface area contributed by atoms with E-state index >= 15 is 0 Å². The first-order valence-corrected chi connectivity index (χ1v) is 7.55. The van der Waals surface area contributed by atoms with Crippen LogP contribution in [0.1, 0.15) is 24.1 Å². The zero-order valence-electron chi connectivity index (χ0n) is 12.7. The first-order valence-electron chi connectivity index (χ1n) is 7.55. The average molecular weight is 286 g/mol. The van der Waals surface area contributed by atoms with Gasteiger partial charge in [0.2, 0.25) is 5.91 Å². The second-order valence-electron chi connectivity index (χ2n) is 5.86. The normalized spacial score (nSPS) is 16.3. The van der Waals surface area contributed by atoms with Gasteiger partial charge in [-0.15, -0.1) is 0 Å². The molecule has 112 valence electrons. The fourth-order valence-corrected chi connectivity index (χ4v) is 3.07. The summed E-state index contributed by atoms with van der Waals surface area (Å²) in [6.07, 6.45) is 1.68. The standard InChI is InChI=1S/C17H22N2O2/c1-12-14-5-3-4-6-15(14)18-16(12)11-19(2)17(20)13-7-9-21-10-8-13/h3-6,13,18H,7-11H2,1-2H3. The largest absolute Gasteiger partial charge is 0.381 e. The predicted molar refractivity (Wildman–Crippen MR) is 83.1 cm³/mol. The molecular weight excluding hydrogens is 264 g/mol. The maximum absolute atomic E-state index is 12.5. The summed E-state index contributed by atoms with van der Waals surface area (Å²) >= 11 is 0. The molecule has 1 aliphatic heterocycles. The number of fused-ring (bicyclic) bond motifs is 1. The van der Waals surface area contributed by atoms with E-state index in [9.17, 15) is 4.79 Å². The molecule has 1 aromatic carbocycles. The Balaban J connectivity index is 1.75. The van der Waals surface area contributed by atoms with Gasteiger partial charge in [0, 0.05) is 42.8 Å².